The Morgan fingerprint density at radius 3 is 2.76 bits per heavy atom. The van der Waals surface area contributed by atoms with Crippen molar-refractivity contribution in [1.29, 1.82) is 0 Å². The SMILES string of the molecule is O=C(c1ccsc1)N1CCC(N2C(=O)N=C3N=CC=CC3C2=O)CC1. The molecule has 1 aromatic rings. The van der Waals surface area contributed by atoms with Gasteiger partial charge in [-0.25, -0.2) is 9.79 Å². The van der Waals surface area contributed by atoms with Crippen molar-refractivity contribution in [3.05, 3.63) is 34.5 Å². The maximum absolute atomic E-state index is 12.7. The molecule has 0 radical (unpaired) electrons. The van der Waals surface area contributed by atoms with Gasteiger partial charge in [0.05, 0.1) is 5.56 Å². The van der Waals surface area contributed by atoms with Gasteiger partial charge in [-0.3, -0.25) is 14.5 Å². The topological polar surface area (TPSA) is 82.4 Å². The van der Waals surface area contributed by atoms with Crippen LogP contribution in [0.4, 0.5) is 4.79 Å². The van der Waals surface area contributed by atoms with E-state index in [1.54, 1.807) is 17.1 Å². The Bertz CT molecular complexity index is 804. The molecule has 3 aliphatic rings. The minimum atomic E-state index is -0.576. The average molecular weight is 356 g/mol. The summed E-state index contributed by atoms with van der Waals surface area (Å²) < 4.78 is 0. The van der Waals surface area contributed by atoms with Crippen molar-refractivity contribution in [3.63, 3.8) is 0 Å². The van der Waals surface area contributed by atoms with Crippen LogP contribution in [0.2, 0.25) is 0 Å². The number of hydrogen-bond donors (Lipinski definition) is 0. The van der Waals surface area contributed by atoms with Crippen molar-refractivity contribution >= 4 is 41.2 Å². The molecule has 3 aliphatic heterocycles. The number of allylic oxidation sites excluding steroid dienone is 1. The van der Waals surface area contributed by atoms with Crippen molar-refractivity contribution in [3.8, 4) is 0 Å². The number of likely N-dealkylation sites (tertiary alicyclic amines) is 1. The molecule has 25 heavy (non-hydrogen) atoms. The second-order valence-electron chi connectivity index (χ2n) is 6.14. The van der Waals surface area contributed by atoms with Gasteiger partial charge in [-0.2, -0.15) is 16.3 Å². The molecule has 0 saturated carbocycles. The summed E-state index contributed by atoms with van der Waals surface area (Å²) >= 11 is 1.49. The van der Waals surface area contributed by atoms with Crippen LogP contribution in [0.1, 0.15) is 23.2 Å². The molecule has 8 heteroatoms. The molecule has 7 nitrogen and oxygen atoms in total. The lowest BCUT2D eigenvalue weighted by molar-refractivity contribution is -0.131. The number of rotatable bonds is 2. The number of thiophene rings is 1. The van der Waals surface area contributed by atoms with Gasteiger partial charge < -0.3 is 4.90 Å². The first-order valence-corrected chi connectivity index (χ1v) is 9.07. The zero-order valence-electron chi connectivity index (χ0n) is 13.4. The molecule has 1 saturated heterocycles. The van der Waals surface area contributed by atoms with E-state index in [0.717, 1.165) is 0 Å². The molecule has 4 rings (SSSR count). The fraction of sp³-hybridized carbons (Fsp3) is 0.353. The minimum absolute atomic E-state index is 0.000792. The molecule has 0 spiro atoms. The third-order valence-electron chi connectivity index (χ3n) is 4.68. The predicted octanol–water partition coefficient (Wildman–Crippen LogP) is 1.97. The highest BCUT2D eigenvalue weighted by molar-refractivity contribution is 7.08. The van der Waals surface area contributed by atoms with Gasteiger partial charge in [-0.15, -0.1) is 0 Å². The maximum atomic E-state index is 12.7. The van der Waals surface area contributed by atoms with Gasteiger partial charge in [-0.1, -0.05) is 6.08 Å². The van der Waals surface area contributed by atoms with E-state index in [9.17, 15) is 14.4 Å². The van der Waals surface area contributed by atoms with Gasteiger partial charge in [0.2, 0.25) is 5.91 Å². The highest BCUT2D eigenvalue weighted by atomic mass is 32.1. The van der Waals surface area contributed by atoms with E-state index in [0.29, 0.717) is 31.5 Å². The molecule has 1 unspecified atom stereocenters. The fourth-order valence-corrected chi connectivity index (χ4v) is 4.00. The van der Waals surface area contributed by atoms with E-state index < -0.39 is 11.9 Å². The van der Waals surface area contributed by atoms with Crippen molar-refractivity contribution in [2.75, 3.05) is 13.1 Å². The standard InChI is InChI=1S/C17H16N4O3S/c22-15(11-5-9-25-10-11)20-7-3-12(4-8-20)21-16(23)13-2-1-6-18-14(13)19-17(21)24/h1-2,5-6,9-10,12-13H,3-4,7-8H2. The fourth-order valence-electron chi connectivity index (χ4n) is 3.37. The lowest BCUT2D eigenvalue weighted by atomic mass is 9.97. The van der Waals surface area contributed by atoms with Crippen molar-refractivity contribution in [2.45, 2.75) is 18.9 Å². The number of nitrogens with zero attached hydrogens (tertiary/aromatic N) is 4. The second-order valence-corrected chi connectivity index (χ2v) is 6.92. The van der Waals surface area contributed by atoms with Gasteiger partial charge in [0, 0.05) is 30.7 Å². The molecule has 1 atom stereocenters. The van der Waals surface area contributed by atoms with Crippen LogP contribution in [-0.2, 0) is 4.79 Å². The molecular formula is C17H16N4O3S. The lowest BCUT2D eigenvalue weighted by Crippen LogP contribution is -2.54. The lowest BCUT2D eigenvalue weighted by Gasteiger charge is -2.39. The average Bonchev–Trinajstić information content (AvgIpc) is 3.16. The molecule has 4 heterocycles. The number of hydrogen-bond acceptors (Lipinski definition) is 5. The quantitative estimate of drug-likeness (QED) is 0.812. The summed E-state index contributed by atoms with van der Waals surface area (Å²) in [4.78, 5) is 48.4. The normalized spacial score (nSPS) is 23.7. The van der Waals surface area contributed by atoms with Gasteiger partial charge in [-0.05, 0) is 30.4 Å². The monoisotopic (exact) mass is 356 g/mol. The van der Waals surface area contributed by atoms with Crippen LogP contribution in [0, 0.1) is 5.92 Å². The first-order chi connectivity index (χ1) is 12.1. The molecular weight excluding hydrogens is 340 g/mol. The summed E-state index contributed by atoms with van der Waals surface area (Å²) in [6.45, 7) is 1.04. The van der Waals surface area contributed by atoms with E-state index in [4.69, 9.17) is 0 Å². The molecule has 0 N–H and O–H groups in total. The Morgan fingerprint density at radius 2 is 2.04 bits per heavy atom. The van der Waals surface area contributed by atoms with E-state index in [2.05, 4.69) is 9.98 Å². The summed E-state index contributed by atoms with van der Waals surface area (Å²) in [6, 6.07) is 1.03. The Kier molecular flexibility index (Phi) is 4.04. The zero-order valence-corrected chi connectivity index (χ0v) is 14.2. The third-order valence-corrected chi connectivity index (χ3v) is 5.36. The van der Waals surface area contributed by atoms with Crippen molar-refractivity contribution < 1.29 is 14.4 Å². The molecule has 0 bridgehead atoms. The molecule has 0 aromatic carbocycles. The van der Waals surface area contributed by atoms with E-state index >= 15 is 0 Å². The Labute approximate surface area is 148 Å². The number of urea groups is 1. The molecule has 1 aromatic heterocycles. The van der Waals surface area contributed by atoms with Gasteiger partial charge in [0.15, 0.2) is 0 Å². The van der Waals surface area contributed by atoms with Crippen LogP contribution in [0.15, 0.2) is 39.0 Å². The number of piperidine rings is 1. The number of amides is 4. The first-order valence-electron chi connectivity index (χ1n) is 8.13. The van der Waals surface area contributed by atoms with Crippen molar-refractivity contribution in [1.82, 2.24) is 9.80 Å². The maximum Gasteiger partial charge on any atom is 0.352 e. The van der Waals surface area contributed by atoms with Gasteiger partial charge in [0.1, 0.15) is 11.8 Å². The van der Waals surface area contributed by atoms with Crippen LogP contribution in [0.25, 0.3) is 0 Å². The van der Waals surface area contributed by atoms with Crippen LogP contribution in [-0.4, -0.2) is 58.8 Å². The van der Waals surface area contributed by atoms with Crippen molar-refractivity contribution in [2.24, 2.45) is 15.9 Å². The number of amidine groups is 1. The van der Waals surface area contributed by atoms with Crippen LogP contribution in [0.5, 0.6) is 0 Å². The summed E-state index contributed by atoms with van der Waals surface area (Å²) in [7, 11) is 0. The number of carbonyl (C=O) groups is 3. The Hall–Kier alpha value is -2.61. The molecule has 4 amide bonds. The largest absolute Gasteiger partial charge is 0.352 e. The van der Waals surface area contributed by atoms with Gasteiger partial charge >= 0.3 is 6.03 Å². The Morgan fingerprint density at radius 1 is 1.24 bits per heavy atom. The highest BCUT2D eigenvalue weighted by Crippen LogP contribution is 2.26. The minimum Gasteiger partial charge on any atom is -0.338 e. The first kappa shape index (κ1) is 15.9. The molecule has 128 valence electrons. The van der Waals surface area contributed by atoms with E-state index in [-0.39, 0.29) is 23.7 Å². The zero-order chi connectivity index (χ0) is 17.4. The van der Waals surface area contributed by atoms with E-state index in [1.807, 2.05) is 16.8 Å². The number of fused-ring (bicyclic) bond motifs is 1. The van der Waals surface area contributed by atoms with Crippen LogP contribution >= 0.6 is 11.3 Å². The smallest absolute Gasteiger partial charge is 0.338 e. The van der Waals surface area contributed by atoms with Crippen LogP contribution < -0.4 is 0 Å². The molecule has 0 aliphatic carbocycles. The van der Waals surface area contributed by atoms with Crippen LogP contribution in [0.3, 0.4) is 0 Å². The number of carbonyl (C=O) groups excluding carboxylic acids is 3. The molecule has 1 fully saturated rings. The number of imide groups is 1. The van der Waals surface area contributed by atoms with E-state index in [1.165, 1.54) is 22.5 Å². The summed E-state index contributed by atoms with van der Waals surface area (Å²) in [6.07, 6.45) is 6.07. The summed E-state index contributed by atoms with van der Waals surface area (Å²) in [5, 5.41) is 3.71. The predicted molar refractivity (Wildman–Crippen MR) is 94.0 cm³/mol. The highest BCUT2D eigenvalue weighted by Gasteiger charge is 2.41. The number of dihydropyridines is 1. The third kappa shape index (κ3) is 2.82. The summed E-state index contributed by atoms with van der Waals surface area (Å²) in [5.41, 5.74) is 0.688. The summed E-state index contributed by atoms with van der Waals surface area (Å²) in [5.74, 6) is -0.585. The number of aliphatic imine (C=N–C) groups is 2. The Balaban J connectivity index is 1.46. The van der Waals surface area contributed by atoms with Gasteiger partial charge in [0.25, 0.3) is 5.91 Å². The second kappa shape index (κ2) is 6.36.